The third-order valence-electron chi connectivity index (χ3n) is 4.16. The monoisotopic (exact) mass is 324 g/mol. The zero-order valence-corrected chi connectivity index (χ0v) is 14.8. The molecule has 0 atom stereocenters. The van der Waals surface area contributed by atoms with E-state index in [0.717, 1.165) is 19.3 Å². The van der Waals surface area contributed by atoms with Gasteiger partial charge >= 0.3 is 5.97 Å². The number of aryl methyl sites for hydroxylation is 1. The molecule has 0 heterocycles. The van der Waals surface area contributed by atoms with Crippen LogP contribution in [0.1, 0.15) is 45.1 Å². The molecule has 128 valence electrons. The third-order valence-corrected chi connectivity index (χ3v) is 4.16. The van der Waals surface area contributed by atoms with E-state index in [1.807, 2.05) is 13.8 Å². The maximum Gasteiger partial charge on any atom is 0.308 e. The Morgan fingerprint density at radius 3 is 2.29 bits per heavy atom. The van der Waals surface area contributed by atoms with Gasteiger partial charge in [0.25, 0.3) is 0 Å². The minimum absolute atomic E-state index is 0.0283. The lowest BCUT2D eigenvalue weighted by molar-refractivity contribution is -0.147. The molecule has 0 aliphatic heterocycles. The van der Waals surface area contributed by atoms with Crippen molar-refractivity contribution in [2.24, 2.45) is 5.92 Å². The van der Waals surface area contributed by atoms with Gasteiger partial charge in [-0.1, -0.05) is 81.3 Å². The number of hydrogen-bond acceptors (Lipinski definition) is 2. The molecule has 0 aliphatic rings. The quantitative estimate of drug-likeness (QED) is 0.440. The molecule has 24 heavy (non-hydrogen) atoms. The Kier molecular flexibility index (Phi) is 7.54. The summed E-state index contributed by atoms with van der Waals surface area (Å²) < 4.78 is 5.21. The van der Waals surface area contributed by atoms with Gasteiger partial charge in [-0.15, -0.1) is 0 Å². The summed E-state index contributed by atoms with van der Waals surface area (Å²) in [5.74, 6) is -0.119. The van der Waals surface area contributed by atoms with E-state index in [0.29, 0.717) is 6.61 Å². The molecule has 2 rings (SSSR count). The first-order chi connectivity index (χ1) is 11.7. The van der Waals surface area contributed by atoms with Crippen LogP contribution in [0.2, 0.25) is 0 Å². The first-order valence-electron chi connectivity index (χ1n) is 8.98. The van der Waals surface area contributed by atoms with Gasteiger partial charge in [-0.3, -0.25) is 4.79 Å². The fourth-order valence-electron chi connectivity index (χ4n) is 2.75. The molecule has 0 saturated carbocycles. The molecule has 2 aromatic rings. The topological polar surface area (TPSA) is 26.3 Å². The van der Waals surface area contributed by atoms with E-state index in [9.17, 15) is 4.79 Å². The van der Waals surface area contributed by atoms with Crippen molar-refractivity contribution in [2.45, 2.75) is 46.0 Å². The van der Waals surface area contributed by atoms with Crippen molar-refractivity contribution in [3.8, 4) is 11.1 Å². The van der Waals surface area contributed by atoms with Gasteiger partial charge in [-0.2, -0.15) is 0 Å². The van der Waals surface area contributed by atoms with Crippen LogP contribution in [0.4, 0.5) is 0 Å². The Hall–Kier alpha value is -2.09. The van der Waals surface area contributed by atoms with Crippen LogP contribution < -0.4 is 0 Å². The van der Waals surface area contributed by atoms with Crippen molar-refractivity contribution in [3.05, 3.63) is 60.2 Å². The summed E-state index contributed by atoms with van der Waals surface area (Å²) in [7, 11) is 0. The normalized spacial score (nSPS) is 10.8. The Morgan fingerprint density at radius 1 is 0.875 bits per heavy atom. The first kappa shape index (κ1) is 18.3. The van der Waals surface area contributed by atoms with Crippen molar-refractivity contribution in [3.63, 3.8) is 0 Å². The lowest BCUT2D eigenvalue weighted by Gasteiger charge is -2.10. The lowest BCUT2D eigenvalue weighted by atomic mass is 9.96. The maximum atomic E-state index is 11.4. The number of ether oxygens (including phenoxy) is 1. The molecule has 2 nitrogen and oxygen atoms in total. The summed E-state index contributed by atoms with van der Waals surface area (Å²) in [6.45, 7) is 4.29. The molecule has 0 aromatic heterocycles. The van der Waals surface area contributed by atoms with Crippen molar-refractivity contribution in [1.82, 2.24) is 0 Å². The summed E-state index contributed by atoms with van der Waals surface area (Å²) in [6, 6.07) is 19.2. The van der Waals surface area contributed by atoms with Gasteiger partial charge in [0.15, 0.2) is 0 Å². The van der Waals surface area contributed by atoms with E-state index in [-0.39, 0.29) is 11.9 Å². The van der Waals surface area contributed by atoms with Crippen LogP contribution in [0.3, 0.4) is 0 Å². The molecule has 2 aromatic carbocycles. The van der Waals surface area contributed by atoms with E-state index in [4.69, 9.17) is 4.74 Å². The molecule has 0 amide bonds. The fraction of sp³-hybridized carbons (Fsp3) is 0.409. The van der Waals surface area contributed by atoms with E-state index >= 15 is 0 Å². The summed E-state index contributed by atoms with van der Waals surface area (Å²) in [4.78, 5) is 11.4. The highest BCUT2D eigenvalue weighted by molar-refractivity contribution is 5.71. The Morgan fingerprint density at radius 2 is 1.54 bits per heavy atom. The van der Waals surface area contributed by atoms with Gasteiger partial charge in [-0.05, 0) is 36.0 Å². The van der Waals surface area contributed by atoms with Crippen molar-refractivity contribution < 1.29 is 9.53 Å². The van der Waals surface area contributed by atoms with Crippen molar-refractivity contribution in [1.29, 1.82) is 0 Å². The van der Waals surface area contributed by atoms with Crippen LogP contribution in [0.5, 0.6) is 0 Å². The second kappa shape index (κ2) is 9.92. The molecule has 2 heteroatoms. The molecular formula is C22H28O2. The Bertz CT molecular complexity index is 617. The summed E-state index contributed by atoms with van der Waals surface area (Å²) in [5.41, 5.74) is 4.03. The number of carbonyl (C=O) groups excluding carboxylic acids is 1. The standard InChI is InChI=1S/C22H28O2/c1-18(2)22(23)24-17-11-4-3-6-12-20-15-9-10-16-21(20)19-13-7-5-8-14-19/h5,7-10,13-16,18H,3-4,6,11-12,17H2,1-2H3. The van der Waals surface area contributed by atoms with Crippen LogP contribution in [0.25, 0.3) is 11.1 Å². The van der Waals surface area contributed by atoms with Gasteiger partial charge in [-0.25, -0.2) is 0 Å². The number of esters is 1. The Labute approximate surface area is 145 Å². The molecule has 0 N–H and O–H groups in total. The zero-order chi connectivity index (χ0) is 17.2. The SMILES string of the molecule is CC(C)C(=O)OCCCCCCc1ccccc1-c1ccccc1. The molecule has 0 bridgehead atoms. The average Bonchev–Trinajstić information content (AvgIpc) is 2.61. The van der Waals surface area contributed by atoms with Crippen LogP contribution in [0, 0.1) is 5.92 Å². The molecular weight excluding hydrogens is 296 g/mol. The van der Waals surface area contributed by atoms with Gasteiger partial charge < -0.3 is 4.74 Å². The molecule has 0 radical (unpaired) electrons. The highest BCUT2D eigenvalue weighted by Gasteiger charge is 2.07. The predicted molar refractivity (Wildman–Crippen MR) is 99.8 cm³/mol. The zero-order valence-electron chi connectivity index (χ0n) is 14.8. The Balaban J connectivity index is 1.73. The molecule has 0 aliphatic carbocycles. The van der Waals surface area contributed by atoms with E-state index in [2.05, 4.69) is 54.6 Å². The number of benzene rings is 2. The highest BCUT2D eigenvalue weighted by atomic mass is 16.5. The maximum absolute atomic E-state index is 11.4. The van der Waals surface area contributed by atoms with E-state index in [1.54, 1.807) is 0 Å². The fourth-order valence-corrected chi connectivity index (χ4v) is 2.75. The molecule has 0 spiro atoms. The van der Waals surface area contributed by atoms with Gasteiger partial charge in [0.1, 0.15) is 0 Å². The van der Waals surface area contributed by atoms with Crippen LogP contribution in [-0.4, -0.2) is 12.6 Å². The third kappa shape index (κ3) is 5.84. The molecule has 0 saturated heterocycles. The summed E-state index contributed by atoms with van der Waals surface area (Å²) in [5, 5.41) is 0. The number of unbranched alkanes of at least 4 members (excludes halogenated alkanes) is 3. The van der Waals surface area contributed by atoms with Crippen LogP contribution in [0.15, 0.2) is 54.6 Å². The minimum atomic E-state index is -0.0909. The first-order valence-corrected chi connectivity index (χ1v) is 8.98. The van der Waals surface area contributed by atoms with Gasteiger partial charge in [0.05, 0.1) is 12.5 Å². The smallest absolute Gasteiger partial charge is 0.308 e. The van der Waals surface area contributed by atoms with E-state index < -0.39 is 0 Å². The van der Waals surface area contributed by atoms with Crippen molar-refractivity contribution >= 4 is 5.97 Å². The molecule has 0 unspecified atom stereocenters. The van der Waals surface area contributed by atoms with Crippen molar-refractivity contribution in [2.75, 3.05) is 6.61 Å². The van der Waals surface area contributed by atoms with Gasteiger partial charge in [0.2, 0.25) is 0 Å². The predicted octanol–water partition coefficient (Wildman–Crippen LogP) is 5.66. The van der Waals surface area contributed by atoms with E-state index in [1.165, 1.54) is 29.5 Å². The minimum Gasteiger partial charge on any atom is -0.465 e. The number of rotatable bonds is 9. The average molecular weight is 324 g/mol. The number of hydrogen-bond donors (Lipinski definition) is 0. The summed E-state index contributed by atoms with van der Waals surface area (Å²) in [6.07, 6.45) is 5.50. The van der Waals surface area contributed by atoms with Crippen LogP contribution >= 0.6 is 0 Å². The highest BCUT2D eigenvalue weighted by Crippen LogP contribution is 2.24. The number of carbonyl (C=O) groups is 1. The lowest BCUT2D eigenvalue weighted by Crippen LogP contribution is -2.12. The largest absolute Gasteiger partial charge is 0.465 e. The molecule has 0 fully saturated rings. The van der Waals surface area contributed by atoms with Gasteiger partial charge in [0, 0.05) is 0 Å². The second-order valence-electron chi connectivity index (χ2n) is 6.51. The second-order valence-corrected chi connectivity index (χ2v) is 6.51. The van der Waals surface area contributed by atoms with Crippen LogP contribution in [-0.2, 0) is 16.0 Å². The summed E-state index contributed by atoms with van der Waals surface area (Å²) >= 11 is 0.